The third-order valence-corrected chi connectivity index (χ3v) is 6.20. The van der Waals surface area contributed by atoms with E-state index < -0.39 is 23.7 Å². The van der Waals surface area contributed by atoms with Crippen molar-refractivity contribution in [3.05, 3.63) is 65.4 Å². The predicted octanol–water partition coefficient (Wildman–Crippen LogP) is 2.34. The lowest BCUT2D eigenvalue weighted by molar-refractivity contribution is -0.139. The minimum atomic E-state index is -1.11. The lowest BCUT2D eigenvalue weighted by Crippen LogP contribution is -2.27. The van der Waals surface area contributed by atoms with E-state index in [1.807, 2.05) is 41.0 Å². The monoisotopic (exact) mass is 411 g/mol. The summed E-state index contributed by atoms with van der Waals surface area (Å²) < 4.78 is 7.37. The van der Waals surface area contributed by atoms with Gasteiger partial charge in [0.2, 0.25) is 5.91 Å². The lowest BCUT2D eigenvalue weighted by Gasteiger charge is -2.22. The number of carboxylic acid groups (broad SMARTS) is 1. The van der Waals surface area contributed by atoms with Gasteiger partial charge in [-0.25, -0.2) is 4.79 Å². The van der Waals surface area contributed by atoms with Gasteiger partial charge >= 0.3 is 5.97 Å². The van der Waals surface area contributed by atoms with Gasteiger partial charge in [-0.1, -0.05) is 36.4 Å². The van der Waals surface area contributed by atoms with Crippen LogP contribution in [0.5, 0.6) is 5.75 Å². The summed E-state index contributed by atoms with van der Waals surface area (Å²) in [5.41, 5.74) is 8.33. The standard InChI is InChI=1S/C21H19N2O5S/c22-21(27)20-18-17-13(7-4-8-15(17)28-10-16(25)26)23(19(18)14(24)11-29-20)9-12-5-2-1-3-6-12/h1-8,20,29H,9-11H2,(H2,22,27)(H,25,26)/t20-/m1/s1. The molecule has 4 rings (SSSR count). The van der Waals surface area contributed by atoms with Crippen LogP contribution in [-0.4, -0.2) is 39.7 Å². The Morgan fingerprint density at radius 2 is 1.93 bits per heavy atom. The summed E-state index contributed by atoms with van der Waals surface area (Å²) >= 11 is 0.615. The van der Waals surface area contributed by atoms with E-state index in [0.717, 1.165) is 5.56 Å². The number of nitrogens with two attached hydrogens (primary N) is 1. The number of ketones is 1. The molecule has 1 aromatic heterocycles. The molecule has 0 fully saturated rings. The molecule has 3 N–H and O–H groups in total. The van der Waals surface area contributed by atoms with Gasteiger partial charge in [0.1, 0.15) is 11.0 Å². The molecule has 0 saturated heterocycles. The number of aliphatic carboxylic acids is 1. The van der Waals surface area contributed by atoms with E-state index in [1.165, 1.54) is 0 Å². The zero-order valence-electron chi connectivity index (χ0n) is 15.4. The van der Waals surface area contributed by atoms with Gasteiger partial charge in [0.25, 0.3) is 0 Å². The van der Waals surface area contributed by atoms with Crippen molar-refractivity contribution in [2.24, 2.45) is 5.73 Å². The van der Waals surface area contributed by atoms with Crippen molar-refractivity contribution in [2.75, 3.05) is 12.4 Å². The summed E-state index contributed by atoms with van der Waals surface area (Å²) in [6.07, 6.45) is 0. The van der Waals surface area contributed by atoms with Gasteiger partial charge < -0.3 is 20.1 Å². The van der Waals surface area contributed by atoms with Gasteiger partial charge in [0.15, 0.2) is 12.4 Å². The Morgan fingerprint density at radius 3 is 2.62 bits per heavy atom. The summed E-state index contributed by atoms with van der Waals surface area (Å²) in [6, 6.07) is 14.9. The van der Waals surface area contributed by atoms with Crippen molar-refractivity contribution in [3.63, 3.8) is 0 Å². The summed E-state index contributed by atoms with van der Waals surface area (Å²) in [6.45, 7) is -0.0895. The smallest absolute Gasteiger partial charge is 0.341 e. The van der Waals surface area contributed by atoms with E-state index in [4.69, 9.17) is 15.6 Å². The largest absolute Gasteiger partial charge is 0.481 e. The number of rotatable bonds is 6. The number of primary amides is 1. The average molecular weight is 411 g/mol. The van der Waals surface area contributed by atoms with Crippen LogP contribution in [0.2, 0.25) is 0 Å². The molecule has 3 aromatic rings. The molecule has 29 heavy (non-hydrogen) atoms. The molecule has 1 amide bonds. The molecule has 1 radical (unpaired) electrons. The Labute approximate surface area is 170 Å². The minimum Gasteiger partial charge on any atom is -0.481 e. The molecule has 1 aliphatic heterocycles. The molecule has 0 aliphatic carbocycles. The summed E-state index contributed by atoms with van der Waals surface area (Å²) in [7, 11) is 0. The number of nitrogens with zero attached hydrogens (tertiary/aromatic N) is 1. The number of fused-ring (bicyclic) bond motifs is 3. The molecule has 2 heterocycles. The summed E-state index contributed by atoms with van der Waals surface area (Å²) in [4.78, 5) is 36.1. The fourth-order valence-corrected chi connectivity index (χ4v) is 4.84. The zero-order chi connectivity index (χ0) is 20.5. The second-order valence-corrected chi connectivity index (χ2v) is 7.93. The van der Waals surface area contributed by atoms with Gasteiger partial charge in [0, 0.05) is 23.2 Å². The first kappa shape index (κ1) is 19.1. The highest BCUT2D eigenvalue weighted by atomic mass is 32.2. The predicted molar refractivity (Wildman–Crippen MR) is 111 cm³/mol. The van der Waals surface area contributed by atoms with Crippen LogP contribution in [0.15, 0.2) is 48.5 Å². The number of aromatic nitrogens is 1. The molecule has 149 valence electrons. The number of ether oxygens (including phenoxy) is 1. The van der Waals surface area contributed by atoms with Crippen LogP contribution in [-0.2, 0) is 16.1 Å². The summed E-state index contributed by atoms with van der Waals surface area (Å²) in [5, 5.41) is 8.93. The van der Waals surface area contributed by atoms with Crippen molar-refractivity contribution in [2.45, 2.75) is 11.8 Å². The first-order chi connectivity index (χ1) is 14.0. The molecule has 1 aliphatic rings. The fraction of sp³-hybridized carbons (Fsp3) is 0.190. The normalized spacial score (nSPS) is 15.9. The molecule has 0 bridgehead atoms. The molecule has 7 nitrogen and oxygen atoms in total. The number of carboxylic acids is 1. The van der Waals surface area contributed by atoms with Crippen LogP contribution in [0.25, 0.3) is 10.9 Å². The quantitative estimate of drug-likeness (QED) is 0.539. The topological polar surface area (TPSA) is 112 Å². The van der Waals surface area contributed by atoms with E-state index in [1.54, 1.807) is 12.1 Å². The SMILES string of the molecule is NC(=O)[C@@H]1[SH]CC(=O)c2c1c1c(OCC(=O)O)cccc1n2Cc1ccccc1. The Balaban J connectivity index is 1.98. The minimum absolute atomic E-state index is 0.0736. The third kappa shape index (κ3) is 3.47. The molecular formula is C21H19N2O5S. The molecule has 8 heteroatoms. The first-order valence-electron chi connectivity index (χ1n) is 9.00. The van der Waals surface area contributed by atoms with E-state index in [0.29, 0.717) is 46.2 Å². The third-order valence-electron chi connectivity index (χ3n) is 4.85. The number of thiol groups is 1. The number of benzene rings is 2. The van der Waals surface area contributed by atoms with Gasteiger partial charge in [-0.2, -0.15) is 11.8 Å². The number of carbonyl (C=O) groups excluding carboxylic acids is 2. The molecule has 1 atom stereocenters. The number of Topliss-reactive ketones (excluding diaryl/α,β-unsaturated/α-hetero) is 1. The molecule has 0 saturated carbocycles. The highest BCUT2D eigenvalue weighted by molar-refractivity contribution is 8.01. The molecular weight excluding hydrogens is 392 g/mol. The van der Waals surface area contributed by atoms with Crippen LogP contribution in [0.4, 0.5) is 0 Å². The van der Waals surface area contributed by atoms with Crippen LogP contribution < -0.4 is 10.5 Å². The van der Waals surface area contributed by atoms with E-state index >= 15 is 0 Å². The maximum Gasteiger partial charge on any atom is 0.341 e. The number of amides is 1. The average Bonchev–Trinajstić information content (AvgIpc) is 3.03. The second-order valence-electron chi connectivity index (χ2n) is 6.74. The van der Waals surface area contributed by atoms with Gasteiger partial charge in [-0.15, -0.1) is 0 Å². The highest BCUT2D eigenvalue weighted by Gasteiger charge is 2.36. The van der Waals surface area contributed by atoms with E-state index in [-0.39, 0.29) is 11.5 Å². The Hall–Kier alpha value is -3.26. The van der Waals surface area contributed by atoms with Crippen molar-refractivity contribution >= 4 is 40.3 Å². The van der Waals surface area contributed by atoms with Gasteiger partial charge in [-0.05, 0) is 17.7 Å². The molecule has 0 spiro atoms. The van der Waals surface area contributed by atoms with Crippen molar-refractivity contribution in [1.82, 2.24) is 4.57 Å². The van der Waals surface area contributed by atoms with Crippen molar-refractivity contribution in [3.8, 4) is 5.75 Å². The van der Waals surface area contributed by atoms with Crippen molar-refractivity contribution in [1.29, 1.82) is 0 Å². The van der Waals surface area contributed by atoms with Crippen molar-refractivity contribution < 1.29 is 24.2 Å². The van der Waals surface area contributed by atoms with Gasteiger partial charge in [0.05, 0.1) is 11.2 Å². The van der Waals surface area contributed by atoms with Gasteiger partial charge in [-0.3, -0.25) is 9.59 Å². The van der Waals surface area contributed by atoms with E-state index in [2.05, 4.69) is 0 Å². The van der Waals surface area contributed by atoms with Crippen LogP contribution >= 0.6 is 11.8 Å². The number of hydrogen-bond acceptors (Lipinski definition) is 4. The van der Waals surface area contributed by atoms with E-state index in [9.17, 15) is 14.4 Å². The van der Waals surface area contributed by atoms with Crippen LogP contribution in [0, 0.1) is 0 Å². The highest BCUT2D eigenvalue weighted by Crippen LogP contribution is 2.45. The Bertz CT molecular complexity index is 1120. The lowest BCUT2D eigenvalue weighted by atomic mass is 10.0. The molecule has 0 unspecified atom stereocenters. The number of hydrogen-bond donors (Lipinski definition) is 3. The van der Waals surface area contributed by atoms with Crippen LogP contribution in [0.1, 0.15) is 26.9 Å². The Kier molecular flexibility index (Phi) is 5.02. The van der Waals surface area contributed by atoms with Crippen LogP contribution in [0.3, 0.4) is 0 Å². The maximum atomic E-state index is 12.9. The zero-order valence-corrected chi connectivity index (χ0v) is 16.3. The molecule has 2 aromatic carbocycles. The Morgan fingerprint density at radius 1 is 1.17 bits per heavy atom. The maximum absolute atomic E-state index is 12.9. The second kappa shape index (κ2) is 7.63. The number of carbonyl (C=O) groups is 3. The first-order valence-corrected chi connectivity index (χ1v) is 10.1. The fourth-order valence-electron chi connectivity index (χ4n) is 3.73. The summed E-state index contributed by atoms with van der Waals surface area (Å²) in [5.74, 6) is -1.18.